The molecular weight excluding hydrogens is 258 g/mol. The molecule has 104 valence electrons. The molecule has 0 saturated carbocycles. The van der Waals surface area contributed by atoms with Crippen molar-refractivity contribution in [1.82, 2.24) is 5.32 Å². The van der Waals surface area contributed by atoms with Gasteiger partial charge in [0.2, 0.25) is 0 Å². The summed E-state index contributed by atoms with van der Waals surface area (Å²) in [7, 11) is 0. The zero-order chi connectivity index (χ0) is 13.7. The predicted molar refractivity (Wildman–Crippen MR) is 79.8 cm³/mol. The summed E-state index contributed by atoms with van der Waals surface area (Å²) in [5.41, 5.74) is 0.591. The second kappa shape index (κ2) is 6.55. The average molecular weight is 279 g/mol. The molecule has 0 radical (unpaired) electrons. The molecule has 0 spiro atoms. The van der Waals surface area contributed by atoms with Crippen LogP contribution in [0.25, 0.3) is 0 Å². The van der Waals surface area contributed by atoms with Gasteiger partial charge in [-0.1, -0.05) is 30.3 Å². The molecule has 2 unspecified atom stereocenters. The number of thioether (sulfide) groups is 1. The van der Waals surface area contributed by atoms with Gasteiger partial charge in [-0.25, -0.2) is 0 Å². The lowest BCUT2D eigenvalue weighted by Crippen LogP contribution is -2.50. The lowest BCUT2D eigenvalue weighted by molar-refractivity contribution is -0.136. The molecule has 1 aliphatic rings. The Bertz CT molecular complexity index is 417. The number of morpholine rings is 1. The fourth-order valence-electron chi connectivity index (χ4n) is 2.48. The minimum atomic E-state index is -0.482. The van der Waals surface area contributed by atoms with E-state index in [0.29, 0.717) is 13.2 Å². The Morgan fingerprint density at radius 2 is 2.21 bits per heavy atom. The Labute approximate surface area is 119 Å². The molecule has 1 aromatic carbocycles. The number of carbonyl (C=O) groups excluding carboxylic acids is 1. The zero-order valence-corrected chi connectivity index (χ0v) is 12.3. The highest BCUT2D eigenvalue weighted by Gasteiger charge is 2.39. The molecule has 19 heavy (non-hydrogen) atoms. The van der Waals surface area contributed by atoms with Crippen LogP contribution in [0, 0.1) is 0 Å². The van der Waals surface area contributed by atoms with Crippen LogP contribution in [0.5, 0.6) is 0 Å². The van der Waals surface area contributed by atoms with Crippen molar-refractivity contribution in [2.45, 2.75) is 18.4 Å². The van der Waals surface area contributed by atoms with Gasteiger partial charge in [-0.3, -0.25) is 4.79 Å². The summed E-state index contributed by atoms with van der Waals surface area (Å²) in [6.07, 6.45) is 1.71. The lowest BCUT2D eigenvalue weighted by Gasteiger charge is -2.33. The Hall–Kier alpha value is -0.840. The van der Waals surface area contributed by atoms with Gasteiger partial charge in [0, 0.05) is 18.8 Å². The van der Waals surface area contributed by atoms with Crippen molar-refractivity contribution in [3.05, 3.63) is 35.9 Å². The van der Waals surface area contributed by atoms with E-state index in [1.807, 2.05) is 43.5 Å². The number of hydrogen-bond donors (Lipinski definition) is 1. The number of benzene rings is 1. The number of Topliss-reactive ketones (excluding diaryl/α,β-unsaturated/α-hetero) is 1. The van der Waals surface area contributed by atoms with Crippen molar-refractivity contribution in [3.8, 4) is 0 Å². The van der Waals surface area contributed by atoms with E-state index >= 15 is 0 Å². The van der Waals surface area contributed by atoms with Gasteiger partial charge in [0.1, 0.15) is 6.10 Å². The monoisotopic (exact) mass is 279 g/mol. The third-order valence-corrected chi connectivity index (χ3v) is 4.47. The van der Waals surface area contributed by atoms with Gasteiger partial charge in [-0.05, 0) is 18.7 Å². The SMILES string of the molecule is CSCC(C)(C(=O)C1CNCCO1)c1ccccc1. The maximum absolute atomic E-state index is 12.8. The summed E-state index contributed by atoms with van der Waals surface area (Å²) in [5, 5.41) is 3.23. The molecule has 1 saturated heterocycles. The standard InChI is InChI=1S/C15H21NO2S/c1-15(11-19-2,12-6-4-3-5-7-12)14(17)13-10-16-8-9-18-13/h3-7,13,16H,8-11H2,1-2H3. The summed E-state index contributed by atoms with van der Waals surface area (Å²) in [6, 6.07) is 10.0. The maximum atomic E-state index is 12.8. The molecule has 1 heterocycles. The molecule has 2 rings (SSSR count). The maximum Gasteiger partial charge on any atom is 0.173 e. The van der Waals surface area contributed by atoms with Crippen LogP contribution in [0.2, 0.25) is 0 Å². The number of carbonyl (C=O) groups is 1. The lowest BCUT2D eigenvalue weighted by atomic mass is 9.78. The fraction of sp³-hybridized carbons (Fsp3) is 0.533. The molecule has 1 aromatic rings. The minimum Gasteiger partial charge on any atom is -0.368 e. The van der Waals surface area contributed by atoms with Gasteiger partial charge in [0.05, 0.1) is 12.0 Å². The first-order chi connectivity index (χ1) is 9.18. The van der Waals surface area contributed by atoms with Crippen LogP contribution in [-0.2, 0) is 14.9 Å². The van der Waals surface area contributed by atoms with E-state index in [1.54, 1.807) is 11.8 Å². The van der Waals surface area contributed by atoms with E-state index in [0.717, 1.165) is 17.9 Å². The van der Waals surface area contributed by atoms with Crippen LogP contribution in [0.3, 0.4) is 0 Å². The van der Waals surface area contributed by atoms with E-state index in [2.05, 4.69) is 5.32 Å². The summed E-state index contributed by atoms with van der Waals surface area (Å²) in [4.78, 5) is 12.8. The van der Waals surface area contributed by atoms with E-state index < -0.39 is 5.41 Å². The van der Waals surface area contributed by atoms with Crippen molar-refractivity contribution in [1.29, 1.82) is 0 Å². The number of ketones is 1. The predicted octanol–water partition coefficient (Wildman–Crippen LogP) is 1.86. The second-order valence-corrected chi connectivity index (χ2v) is 5.92. The number of ether oxygens (including phenoxy) is 1. The quantitative estimate of drug-likeness (QED) is 0.893. The summed E-state index contributed by atoms with van der Waals surface area (Å²) >= 11 is 1.70. The minimum absolute atomic E-state index is 0.181. The summed E-state index contributed by atoms with van der Waals surface area (Å²) in [6.45, 7) is 4.09. The third kappa shape index (κ3) is 3.19. The molecule has 1 aliphatic heterocycles. The Kier molecular flexibility index (Phi) is 5.02. The van der Waals surface area contributed by atoms with Crippen LogP contribution >= 0.6 is 11.8 Å². The van der Waals surface area contributed by atoms with Gasteiger partial charge in [-0.15, -0.1) is 0 Å². The molecule has 0 bridgehead atoms. The third-order valence-electron chi connectivity index (χ3n) is 3.61. The van der Waals surface area contributed by atoms with Crippen LogP contribution in [0.4, 0.5) is 0 Å². The topological polar surface area (TPSA) is 38.3 Å². The Morgan fingerprint density at radius 3 is 2.79 bits per heavy atom. The van der Waals surface area contributed by atoms with E-state index in [4.69, 9.17) is 4.74 Å². The van der Waals surface area contributed by atoms with Gasteiger partial charge < -0.3 is 10.1 Å². The van der Waals surface area contributed by atoms with Crippen LogP contribution in [-0.4, -0.2) is 43.6 Å². The van der Waals surface area contributed by atoms with Gasteiger partial charge in [-0.2, -0.15) is 11.8 Å². The van der Waals surface area contributed by atoms with E-state index in [9.17, 15) is 4.79 Å². The first-order valence-electron chi connectivity index (χ1n) is 6.59. The van der Waals surface area contributed by atoms with Crippen molar-refractivity contribution in [2.75, 3.05) is 31.7 Å². The van der Waals surface area contributed by atoms with E-state index in [1.165, 1.54) is 0 Å². The van der Waals surface area contributed by atoms with Crippen molar-refractivity contribution in [3.63, 3.8) is 0 Å². The summed E-state index contributed by atoms with van der Waals surface area (Å²) < 4.78 is 5.63. The van der Waals surface area contributed by atoms with Crippen LogP contribution < -0.4 is 5.32 Å². The highest BCUT2D eigenvalue weighted by molar-refractivity contribution is 7.98. The first kappa shape index (κ1) is 14.6. The van der Waals surface area contributed by atoms with Crippen LogP contribution in [0.1, 0.15) is 12.5 Å². The second-order valence-electron chi connectivity index (χ2n) is 5.06. The Morgan fingerprint density at radius 1 is 1.47 bits per heavy atom. The smallest absolute Gasteiger partial charge is 0.173 e. The molecule has 0 aromatic heterocycles. The van der Waals surface area contributed by atoms with Crippen LogP contribution in [0.15, 0.2) is 30.3 Å². The zero-order valence-electron chi connectivity index (χ0n) is 11.5. The van der Waals surface area contributed by atoms with E-state index in [-0.39, 0.29) is 11.9 Å². The van der Waals surface area contributed by atoms with Gasteiger partial charge >= 0.3 is 0 Å². The largest absolute Gasteiger partial charge is 0.368 e. The fourth-order valence-corrected chi connectivity index (χ4v) is 3.37. The molecule has 1 fully saturated rings. The molecule has 0 amide bonds. The number of nitrogens with one attached hydrogen (secondary N) is 1. The highest BCUT2D eigenvalue weighted by Crippen LogP contribution is 2.30. The normalized spacial score (nSPS) is 22.7. The molecular formula is C15H21NO2S. The highest BCUT2D eigenvalue weighted by atomic mass is 32.2. The molecule has 4 heteroatoms. The molecule has 1 N–H and O–H groups in total. The number of hydrogen-bond acceptors (Lipinski definition) is 4. The van der Waals surface area contributed by atoms with Crippen molar-refractivity contribution < 1.29 is 9.53 Å². The van der Waals surface area contributed by atoms with Crippen molar-refractivity contribution >= 4 is 17.5 Å². The van der Waals surface area contributed by atoms with Crippen molar-refractivity contribution in [2.24, 2.45) is 0 Å². The van der Waals surface area contributed by atoms with Gasteiger partial charge in [0.25, 0.3) is 0 Å². The molecule has 3 nitrogen and oxygen atoms in total. The summed E-state index contributed by atoms with van der Waals surface area (Å²) in [5.74, 6) is 0.954. The Balaban J connectivity index is 2.25. The number of rotatable bonds is 5. The molecule has 2 atom stereocenters. The average Bonchev–Trinajstić information content (AvgIpc) is 2.48. The first-order valence-corrected chi connectivity index (χ1v) is 7.99. The molecule has 0 aliphatic carbocycles. The van der Waals surface area contributed by atoms with Gasteiger partial charge in [0.15, 0.2) is 5.78 Å².